The Hall–Kier alpha value is -1.59. The van der Waals surface area contributed by atoms with Crippen molar-refractivity contribution in [2.75, 3.05) is 6.54 Å². The Bertz CT molecular complexity index is 386. The quantitative estimate of drug-likeness (QED) is 0.760. The summed E-state index contributed by atoms with van der Waals surface area (Å²) in [5, 5.41) is 11.5. The molecule has 1 amide bonds. The van der Waals surface area contributed by atoms with Gasteiger partial charge in [0.15, 0.2) is 0 Å². The van der Waals surface area contributed by atoms with Gasteiger partial charge in [-0.3, -0.25) is 14.4 Å². The maximum Gasteiger partial charge on any atom is 0.325 e. The molecule has 2 unspecified atom stereocenters. The molecule has 2 atom stereocenters. The van der Waals surface area contributed by atoms with E-state index in [4.69, 9.17) is 9.84 Å². The molecule has 1 fully saturated rings. The molecule has 0 aromatic heterocycles. The number of carbonyl (C=O) groups excluding carboxylic acids is 2. The van der Waals surface area contributed by atoms with Crippen molar-refractivity contribution >= 4 is 17.8 Å². The zero-order valence-electron chi connectivity index (χ0n) is 12.3. The van der Waals surface area contributed by atoms with E-state index in [2.05, 4.69) is 5.32 Å². The summed E-state index contributed by atoms with van der Waals surface area (Å²) in [5.41, 5.74) is -0.582. The molecule has 0 bridgehead atoms. The summed E-state index contributed by atoms with van der Waals surface area (Å²) < 4.78 is 5.09. The fourth-order valence-electron chi connectivity index (χ4n) is 2.33. The molecule has 1 rings (SSSR count). The third-order valence-electron chi connectivity index (χ3n) is 3.22. The van der Waals surface area contributed by atoms with Crippen LogP contribution in [-0.4, -0.2) is 35.1 Å². The lowest BCUT2D eigenvalue weighted by Gasteiger charge is -2.26. The molecule has 6 heteroatoms. The standard InChI is InChI=1S/C14H23NO5/c1-14(2,3)20-11(16)8-15-12(17)9-5-4-6-10(7-9)13(18)19/h9-10H,4-8H2,1-3H3,(H,15,17)(H,18,19). The van der Waals surface area contributed by atoms with Crippen molar-refractivity contribution in [3.05, 3.63) is 0 Å². The van der Waals surface area contributed by atoms with E-state index in [0.717, 1.165) is 6.42 Å². The molecule has 20 heavy (non-hydrogen) atoms. The molecule has 1 saturated carbocycles. The van der Waals surface area contributed by atoms with E-state index in [0.29, 0.717) is 19.3 Å². The number of nitrogens with one attached hydrogen (secondary N) is 1. The minimum atomic E-state index is -0.852. The summed E-state index contributed by atoms with van der Waals surface area (Å²) in [7, 11) is 0. The summed E-state index contributed by atoms with van der Waals surface area (Å²) in [6.07, 6.45) is 2.35. The highest BCUT2D eigenvalue weighted by atomic mass is 16.6. The van der Waals surface area contributed by atoms with Crippen LogP contribution >= 0.6 is 0 Å². The lowest BCUT2D eigenvalue weighted by atomic mass is 9.81. The van der Waals surface area contributed by atoms with Gasteiger partial charge in [-0.25, -0.2) is 0 Å². The number of ether oxygens (including phenoxy) is 1. The Labute approximate surface area is 118 Å². The van der Waals surface area contributed by atoms with Gasteiger partial charge in [0.05, 0.1) is 5.92 Å². The van der Waals surface area contributed by atoms with E-state index in [-0.39, 0.29) is 18.4 Å². The Kier molecular flexibility index (Phi) is 5.53. The first-order valence-corrected chi connectivity index (χ1v) is 6.91. The van der Waals surface area contributed by atoms with Crippen molar-refractivity contribution in [1.29, 1.82) is 0 Å². The van der Waals surface area contributed by atoms with Crippen molar-refractivity contribution in [3.8, 4) is 0 Å². The highest BCUT2D eigenvalue weighted by molar-refractivity contribution is 5.84. The molecule has 0 spiro atoms. The van der Waals surface area contributed by atoms with Crippen molar-refractivity contribution in [2.45, 2.75) is 52.1 Å². The first-order valence-electron chi connectivity index (χ1n) is 6.91. The van der Waals surface area contributed by atoms with Crippen LogP contribution < -0.4 is 5.32 Å². The average Bonchev–Trinajstić information content (AvgIpc) is 2.34. The van der Waals surface area contributed by atoms with Crippen LogP contribution in [0.15, 0.2) is 0 Å². The molecule has 2 N–H and O–H groups in total. The summed E-state index contributed by atoms with van der Waals surface area (Å²) in [6.45, 7) is 5.09. The highest BCUT2D eigenvalue weighted by Gasteiger charge is 2.31. The number of amides is 1. The fraction of sp³-hybridized carbons (Fsp3) is 0.786. The van der Waals surface area contributed by atoms with Gasteiger partial charge in [0, 0.05) is 5.92 Å². The van der Waals surface area contributed by atoms with Gasteiger partial charge >= 0.3 is 11.9 Å². The van der Waals surface area contributed by atoms with E-state index < -0.39 is 23.5 Å². The van der Waals surface area contributed by atoms with E-state index in [1.807, 2.05) is 0 Å². The van der Waals surface area contributed by atoms with Gasteiger partial charge < -0.3 is 15.2 Å². The normalized spacial score (nSPS) is 22.9. The van der Waals surface area contributed by atoms with Crippen LogP contribution in [0.3, 0.4) is 0 Å². The Morgan fingerprint density at radius 3 is 2.35 bits per heavy atom. The molecule has 0 radical (unpaired) electrons. The maximum atomic E-state index is 11.9. The maximum absolute atomic E-state index is 11.9. The molecular formula is C14H23NO5. The average molecular weight is 285 g/mol. The molecule has 0 aromatic carbocycles. The van der Waals surface area contributed by atoms with Crippen LogP contribution in [-0.2, 0) is 19.1 Å². The summed E-state index contributed by atoms with van der Waals surface area (Å²) in [6, 6.07) is 0. The van der Waals surface area contributed by atoms with Crippen molar-refractivity contribution in [3.63, 3.8) is 0 Å². The molecule has 6 nitrogen and oxygen atoms in total. The van der Waals surface area contributed by atoms with Gasteiger partial charge in [0.1, 0.15) is 12.1 Å². The number of carboxylic acids is 1. The van der Waals surface area contributed by atoms with Crippen LogP contribution in [0.1, 0.15) is 46.5 Å². The van der Waals surface area contributed by atoms with Gasteiger partial charge in [-0.1, -0.05) is 6.42 Å². The van der Waals surface area contributed by atoms with E-state index in [1.54, 1.807) is 20.8 Å². The topological polar surface area (TPSA) is 92.7 Å². The van der Waals surface area contributed by atoms with Crippen LogP contribution in [0.2, 0.25) is 0 Å². The molecular weight excluding hydrogens is 262 g/mol. The van der Waals surface area contributed by atoms with Crippen molar-refractivity contribution in [2.24, 2.45) is 11.8 Å². The minimum absolute atomic E-state index is 0.176. The Morgan fingerprint density at radius 1 is 1.20 bits per heavy atom. The molecule has 0 heterocycles. The fourth-order valence-corrected chi connectivity index (χ4v) is 2.33. The summed E-state index contributed by atoms with van der Waals surface area (Å²) >= 11 is 0. The van der Waals surface area contributed by atoms with Crippen LogP contribution in [0.5, 0.6) is 0 Å². The predicted octanol–water partition coefficient (Wildman–Crippen LogP) is 1.34. The van der Waals surface area contributed by atoms with Crippen molar-refractivity contribution in [1.82, 2.24) is 5.32 Å². The Morgan fingerprint density at radius 2 is 1.80 bits per heavy atom. The third kappa shape index (κ3) is 5.59. The number of hydrogen-bond acceptors (Lipinski definition) is 4. The summed E-state index contributed by atoms with van der Waals surface area (Å²) in [5.74, 6) is -2.39. The first-order chi connectivity index (χ1) is 9.19. The second-order valence-corrected chi connectivity index (χ2v) is 6.20. The van der Waals surface area contributed by atoms with E-state index >= 15 is 0 Å². The van der Waals surface area contributed by atoms with Gasteiger partial charge in [-0.05, 0) is 40.0 Å². The smallest absolute Gasteiger partial charge is 0.325 e. The second kappa shape index (κ2) is 6.72. The molecule has 0 aromatic rings. The second-order valence-electron chi connectivity index (χ2n) is 6.20. The van der Waals surface area contributed by atoms with Crippen LogP contribution in [0.4, 0.5) is 0 Å². The van der Waals surface area contributed by atoms with Gasteiger partial charge in [0.25, 0.3) is 0 Å². The van der Waals surface area contributed by atoms with E-state index in [1.165, 1.54) is 0 Å². The first kappa shape index (κ1) is 16.5. The molecule has 1 aliphatic rings. The third-order valence-corrected chi connectivity index (χ3v) is 3.22. The van der Waals surface area contributed by atoms with E-state index in [9.17, 15) is 14.4 Å². The molecule has 1 aliphatic carbocycles. The number of aliphatic carboxylic acids is 1. The summed E-state index contributed by atoms with van der Waals surface area (Å²) in [4.78, 5) is 34.4. The number of hydrogen-bond donors (Lipinski definition) is 2. The molecule has 114 valence electrons. The number of carboxylic acid groups (broad SMARTS) is 1. The zero-order chi connectivity index (χ0) is 15.3. The zero-order valence-corrected chi connectivity index (χ0v) is 12.3. The highest BCUT2D eigenvalue weighted by Crippen LogP contribution is 2.29. The number of esters is 1. The minimum Gasteiger partial charge on any atom is -0.481 e. The van der Waals surface area contributed by atoms with Crippen molar-refractivity contribution < 1.29 is 24.2 Å². The Balaban J connectivity index is 2.39. The van der Waals surface area contributed by atoms with Gasteiger partial charge in [-0.2, -0.15) is 0 Å². The molecule has 0 aliphatic heterocycles. The lowest BCUT2D eigenvalue weighted by Crippen LogP contribution is -2.39. The van der Waals surface area contributed by atoms with Crippen LogP contribution in [0, 0.1) is 11.8 Å². The largest absolute Gasteiger partial charge is 0.481 e. The molecule has 0 saturated heterocycles. The van der Waals surface area contributed by atoms with Crippen LogP contribution in [0.25, 0.3) is 0 Å². The number of rotatable bonds is 4. The SMILES string of the molecule is CC(C)(C)OC(=O)CNC(=O)C1CCCC(C(=O)O)C1. The lowest BCUT2D eigenvalue weighted by molar-refractivity contribution is -0.155. The monoisotopic (exact) mass is 285 g/mol. The number of carbonyl (C=O) groups is 3. The van der Waals surface area contributed by atoms with Gasteiger partial charge in [-0.15, -0.1) is 0 Å². The predicted molar refractivity (Wildman–Crippen MR) is 71.9 cm³/mol. The van der Waals surface area contributed by atoms with Gasteiger partial charge in [0.2, 0.25) is 5.91 Å².